The van der Waals surface area contributed by atoms with E-state index < -0.39 is 15.9 Å². The van der Waals surface area contributed by atoms with Crippen molar-refractivity contribution in [2.75, 3.05) is 16.6 Å². The number of amides is 2. The third kappa shape index (κ3) is 5.61. The fourth-order valence-corrected chi connectivity index (χ4v) is 3.95. The number of nitrogens with one attached hydrogen (secondary N) is 3. The van der Waals surface area contributed by atoms with E-state index in [9.17, 15) is 18.0 Å². The van der Waals surface area contributed by atoms with Crippen LogP contribution in [0.1, 0.15) is 26.3 Å². The second-order valence-corrected chi connectivity index (χ2v) is 8.68. The highest BCUT2D eigenvalue weighted by molar-refractivity contribution is 7.92. The van der Waals surface area contributed by atoms with Crippen LogP contribution in [0, 0.1) is 6.92 Å². The van der Waals surface area contributed by atoms with Gasteiger partial charge in [0, 0.05) is 17.8 Å². The topological polar surface area (TPSA) is 104 Å². The van der Waals surface area contributed by atoms with Gasteiger partial charge in [-0.2, -0.15) is 0 Å². The molecule has 0 bridgehead atoms. The van der Waals surface area contributed by atoms with Gasteiger partial charge in [0.2, 0.25) is 0 Å². The minimum absolute atomic E-state index is 0.123. The molecule has 3 aromatic rings. The Morgan fingerprint density at radius 1 is 0.938 bits per heavy atom. The van der Waals surface area contributed by atoms with Gasteiger partial charge in [-0.25, -0.2) is 8.42 Å². The Hall–Kier alpha value is -3.91. The lowest BCUT2D eigenvalue weighted by Gasteiger charge is -2.12. The molecule has 0 aliphatic rings. The molecule has 0 aromatic heterocycles. The minimum atomic E-state index is -3.80. The van der Waals surface area contributed by atoms with Crippen LogP contribution in [0.15, 0.2) is 90.3 Å². The van der Waals surface area contributed by atoms with Crippen molar-refractivity contribution in [3.8, 4) is 0 Å². The maximum absolute atomic E-state index is 12.8. The summed E-state index contributed by atoms with van der Waals surface area (Å²) >= 11 is 0. The van der Waals surface area contributed by atoms with Crippen LogP contribution in [0.5, 0.6) is 0 Å². The van der Waals surface area contributed by atoms with Crippen LogP contribution in [0.25, 0.3) is 0 Å². The first-order chi connectivity index (χ1) is 15.3. The highest BCUT2D eigenvalue weighted by atomic mass is 32.2. The minimum Gasteiger partial charge on any atom is -0.349 e. The number of benzene rings is 3. The summed E-state index contributed by atoms with van der Waals surface area (Å²) in [5, 5.41) is 5.38. The molecule has 3 aromatic carbocycles. The van der Waals surface area contributed by atoms with Crippen LogP contribution in [0.2, 0.25) is 0 Å². The van der Waals surface area contributed by atoms with E-state index >= 15 is 0 Å². The van der Waals surface area contributed by atoms with Gasteiger partial charge >= 0.3 is 0 Å². The van der Waals surface area contributed by atoms with Gasteiger partial charge in [-0.1, -0.05) is 42.0 Å². The molecular formula is C24H23N3O4S. The molecule has 0 radical (unpaired) electrons. The molecule has 8 heteroatoms. The number of carbonyl (C=O) groups excluding carboxylic acids is 2. The van der Waals surface area contributed by atoms with Gasteiger partial charge in [0.15, 0.2) is 0 Å². The van der Waals surface area contributed by atoms with Crippen molar-refractivity contribution >= 4 is 33.2 Å². The summed E-state index contributed by atoms with van der Waals surface area (Å²) in [6.45, 7) is 5.72. The Balaban J connectivity index is 1.79. The number of para-hydroxylation sites is 1. The van der Waals surface area contributed by atoms with Gasteiger partial charge in [0.25, 0.3) is 21.8 Å². The van der Waals surface area contributed by atoms with Crippen molar-refractivity contribution in [1.29, 1.82) is 0 Å². The Morgan fingerprint density at radius 2 is 1.66 bits per heavy atom. The molecule has 3 N–H and O–H groups in total. The summed E-state index contributed by atoms with van der Waals surface area (Å²) in [6, 6.07) is 19.2. The average molecular weight is 450 g/mol. The van der Waals surface area contributed by atoms with Crippen LogP contribution in [-0.4, -0.2) is 26.8 Å². The highest BCUT2D eigenvalue weighted by Crippen LogP contribution is 2.20. The summed E-state index contributed by atoms with van der Waals surface area (Å²) in [4.78, 5) is 25.2. The van der Waals surface area contributed by atoms with E-state index in [0.29, 0.717) is 17.8 Å². The maximum Gasteiger partial charge on any atom is 0.261 e. The first kappa shape index (κ1) is 22.8. The Bertz CT molecular complexity index is 1250. The Kier molecular flexibility index (Phi) is 7.07. The predicted molar refractivity (Wildman–Crippen MR) is 125 cm³/mol. The SMILES string of the molecule is C=CCNC(=O)c1ccccc1NC(=O)c1cccc(NS(=O)(=O)c2ccc(C)cc2)c1. The maximum atomic E-state index is 12.8. The summed E-state index contributed by atoms with van der Waals surface area (Å²) < 4.78 is 27.7. The largest absolute Gasteiger partial charge is 0.349 e. The molecule has 32 heavy (non-hydrogen) atoms. The normalized spacial score (nSPS) is 10.8. The van der Waals surface area contributed by atoms with E-state index in [1.54, 1.807) is 60.7 Å². The number of hydrogen-bond donors (Lipinski definition) is 3. The van der Waals surface area contributed by atoms with Crippen molar-refractivity contribution in [3.63, 3.8) is 0 Å². The van der Waals surface area contributed by atoms with Crippen molar-refractivity contribution in [1.82, 2.24) is 5.32 Å². The second-order valence-electron chi connectivity index (χ2n) is 7.00. The number of aryl methyl sites for hydroxylation is 1. The summed E-state index contributed by atoms with van der Waals surface area (Å²) in [7, 11) is -3.80. The fourth-order valence-electron chi connectivity index (χ4n) is 2.90. The van der Waals surface area contributed by atoms with Crippen molar-refractivity contribution in [2.45, 2.75) is 11.8 Å². The van der Waals surface area contributed by atoms with Gasteiger partial charge < -0.3 is 10.6 Å². The smallest absolute Gasteiger partial charge is 0.261 e. The van der Waals surface area contributed by atoms with Crippen LogP contribution >= 0.6 is 0 Å². The van der Waals surface area contributed by atoms with Crippen LogP contribution in [-0.2, 0) is 10.0 Å². The summed E-state index contributed by atoms with van der Waals surface area (Å²) in [5.74, 6) is -0.828. The standard InChI is InChI=1S/C24H23N3O4S/c1-3-15-25-24(29)21-9-4-5-10-22(21)26-23(28)18-7-6-8-19(16-18)27-32(30,31)20-13-11-17(2)12-14-20/h3-14,16,27H,1,15H2,2H3,(H,25,29)(H,26,28). The Labute approximate surface area is 187 Å². The predicted octanol–water partition coefficient (Wildman–Crippen LogP) is 3.96. The number of hydrogen-bond acceptors (Lipinski definition) is 4. The zero-order valence-corrected chi connectivity index (χ0v) is 18.3. The second kappa shape index (κ2) is 9.93. The molecule has 0 saturated carbocycles. The third-order valence-electron chi connectivity index (χ3n) is 4.54. The first-order valence-electron chi connectivity index (χ1n) is 9.79. The summed E-state index contributed by atoms with van der Waals surface area (Å²) in [6.07, 6.45) is 1.56. The lowest BCUT2D eigenvalue weighted by atomic mass is 10.1. The molecular weight excluding hydrogens is 426 g/mol. The molecule has 2 amide bonds. The van der Waals surface area contributed by atoms with E-state index in [4.69, 9.17) is 0 Å². The monoisotopic (exact) mass is 449 g/mol. The van der Waals surface area contributed by atoms with Gasteiger partial charge in [0.1, 0.15) is 0 Å². The van der Waals surface area contributed by atoms with Crippen LogP contribution in [0.3, 0.4) is 0 Å². The molecule has 164 valence electrons. The van der Waals surface area contributed by atoms with Gasteiger partial charge in [-0.05, 0) is 49.4 Å². The van der Waals surface area contributed by atoms with Crippen LogP contribution in [0.4, 0.5) is 11.4 Å². The molecule has 0 aliphatic carbocycles. The fraction of sp³-hybridized carbons (Fsp3) is 0.0833. The van der Waals surface area contributed by atoms with Gasteiger partial charge in [-0.15, -0.1) is 6.58 Å². The van der Waals surface area contributed by atoms with Crippen LogP contribution < -0.4 is 15.4 Å². The van der Waals surface area contributed by atoms with E-state index in [0.717, 1.165) is 5.56 Å². The van der Waals surface area contributed by atoms with Gasteiger partial charge in [0.05, 0.1) is 16.1 Å². The summed E-state index contributed by atoms with van der Waals surface area (Å²) in [5.41, 5.74) is 2.07. The molecule has 3 rings (SSSR count). The number of anilines is 2. The third-order valence-corrected chi connectivity index (χ3v) is 5.93. The average Bonchev–Trinajstić information content (AvgIpc) is 2.78. The molecule has 0 atom stereocenters. The molecule has 0 aliphatic heterocycles. The highest BCUT2D eigenvalue weighted by Gasteiger charge is 2.16. The lowest BCUT2D eigenvalue weighted by Crippen LogP contribution is -2.25. The first-order valence-corrected chi connectivity index (χ1v) is 11.3. The number of carbonyl (C=O) groups is 2. The molecule has 7 nitrogen and oxygen atoms in total. The number of rotatable bonds is 8. The zero-order chi connectivity index (χ0) is 23.1. The molecule has 0 unspecified atom stereocenters. The van der Waals surface area contributed by atoms with E-state index in [1.807, 2.05) is 6.92 Å². The molecule has 0 fully saturated rings. The number of sulfonamides is 1. The molecule has 0 heterocycles. The van der Waals surface area contributed by atoms with Crippen molar-refractivity contribution < 1.29 is 18.0 Å². The van der Waals surface area contributed by atoms with E-state index in [-0.39, 0.29) is 22.1 Å². The quantitative estimate of drug-likeness (QED) is 0.453. The lowest BCUT2D eigenvalue weighted by molar-refractivity contribution is 0.0959. The van der Waals surface area contributed by atoms with Crippen molar-refractivity contribution in [2.24, 2.45) is 0 Å². The Morgan fingerprint density at radius 3 is 2.38 bits per heavy atom. The molecule has 0 spiro atoms. The van der Waals surface area contributed by atoms with E-state index in [1.165, 1.54) is 18.2 Å². The van der Waals surface area contributed by atoms with E-state index in [2.05, 4.69) is 21.9 Å². The zero-order valence-electron chi connectivity index (χ0n) is 17.5. The molecule has 0 saturated heterocycles. The van der Waals surface area contributed by atoms with Gasteiger partial charge in [-0.3, -0.25) is 14.3 Å². The van der Waals surface area contributed by atoms with Crippen molar-refractivity contribution in [3.05, 3.63) is 102 Å².